The molecule has 2 aliphatic rings. The first-order valence-corrected chi connectivity index (χ1v) is 11.6. The molecule has 1 aromatic rings. The van der Waals surface area contributed by atoms with Crippen LogP contribution in [-0.2, 0) is 9.84 Å². The number of carbonyl (C=O) groups excluding carboxylic acids is 1. The zero-order valence-corrected chi connectivity index (χ0v) is 18.1. The van der Waals surface area contributed by atoms with E-state index in [0.717, 1.165) is 12.0 Å². The molecule has 1 N–H and O–H groups in total. The van der Waals surface area contributed by atoms with Crippen LogP contribution in [0.4, 0.5) is 4.79 Å². The first-order valence-electron chi connectivity index (χ1n) is 9.71. The predicted molar refractivity (Wildman–Crippen MR) is 107 cm³/mol. The van der Waals surface area contributed by atoms with Gasteiger partial charge in [-0.25, -0.2) is 13.2 Å². The number of hydrogen-bond donors (Lipinski definition) is 1. The van der Waals surface area contributed by atoms with Crippen molar-refractivity contribution < 1.29 is 13.2 Å². The Hall–Kier alpha value is -1.56. The van der Waals surface area contributed by atoms with E-state index in [-0.39, 0.29) is 28.9 Å². The van der Waals surface area contributed by atoms with Crippen LogP contribution in [0.15, 0.2) is 29.2 Å². The van der Waals surface area contributed by atoms with Crippen molar-refractivity contribution >= 4 is 15.9 Å². The molecular weight excluding hydrogens is 360 g/mol. The summed E-state index contributed by atoms with van der Waals surface area (Å²) in [5.74, 6) is 0.680. The van der Waals surface area contributed by atoms with Crippen molar-refractivity contribution in [3.8, 4) is 0 Å². The fourth-order valence-electron chi connectivity index (χ4n) is 5.07. The summed E-state index contributed by atoms with van der Waals surface area (Å²) >= 11 is 0. The van der Waals surface area contributed by atoms with Crippen LogP contribution in [0.2, 0.25) is 0 Å². The molecule has 0 aliphatic heterocycles. The molecule has 27 heavy (non-hydrogen) atoms. The minimum atomic E-state index is -3.21. The molecule has 0 saturated heterocycles. The summed E-state index contributed by atoms with van der Waals surface area (Å²) in [6.07, 6.45) is 4.68. The van der Waals surface area contributed by atoms with E-state index in [1.807, 2.05) is 6.92 Å². The first-order chi connectivity index (χ1) is 12.4. The number of fused-ring (bicyclic) bond motifs is 2. The summed E-state index contributed by atoms with van der Waals surface area (Å²) in [5.41, 5.74) is 1.32. The van der Waals surface area contributed by atoms with Crippen LogP contribution in [0.5, 0.6) is 0 Å². The smallest absolute Gasteiger partial charge is 0.317 e. The highest BCUT2D eigenvalue weighted by atomic mass is 32.2. The molecule has 2 amide bonds. The molecular formula is C21H32N2O3S. The number of amides is 2. The summed E-state index contributed by atoms with van der Waals surface area (Å²) in [6, 6.07) is 6.78. The SMILES string of the molecule is C[C@H](c1ccc(S(C)(=O)=O)cc1)N(C)C(=O)N[C@H]1C[C@H]2CC[C@@]1(C)C2(C)C. The van der Waals surface area contributed by atoms with Gasteiger partial charge in [0.05, 0.1) is 10.9 Å². The predicted octanol–water partition coefficient (Wildman–Crippen LogP) is 4.01. The first kappa shape index (κ1) is 20.2. The Balaban J connectivity index is 1.69. The van der Waals surface area contributed by atoms with Crippen LogP contribution < -0.4 is 5.32 Å². The normalized spacial score (nSPS) is 30.1. The fraction of sp³-hybridized carbons (Fsp3) is 0.667. The lowest BCUT2D eigenvalue weighted by atomic mass is 9.69. The standard InChI is InChI=1S/C21H32N2O3S/c1-14(15-7-9-17(10-8-15)27(6,25)26)23(5)19(24)22-18-13-16-11-12-21(18,4)20(16,2)3/h7-10,14,16,18H,11-13H2,1-6H3,(H,22,24)/t14-,16-,18+,21-/m1/s1. The lowest BCUT2D eigenvalue weighted by Gasteiger charge is -2.40. The van der Waals surface area contributed by atoms with Gasteiger partial charge in [-0.2, -0.15) is 0 Å². The monoisotopic (exact) mass is 392 g/mol. The Morgan fingerprint density at radius 3 is 2.26 bits per heavy atom. The third-order valence-corrected chi connectivity index (χ3v) is 8.91. The van der Waals surface area contributed by atoms with Gasteiger partial charge in [0.2, 0.25) is 0 Å². The maximum atomic E-state index is 12.9. The lowest BCUT2D eigenvalue weighted by Crippen LogP contribution is -2.50. The molecule has 5 nitrogen and oxygen atoms in total. The second-order valence-electron chi connectivity index (χ2n) is 9.24. The third kappa shape index (κ3) is 3.26. The molecule has 2 fully saturated rings. The van der Waals surface area contributed by atoms with Crippen LogP contribution in [0, 0.1) is 16.7 Å². The number of carbonyl (C=O) groups is 1. The molecule has 2 aliphatic carbocycles. The van der Waals surface area contributed by atoms with Gasteiger partial charge in [0.25, 0.3) is 0 Å². The molecule has 0 aromatic heterocycles. The maximum Gasteiger partial charge on any atom is 0.317 e. The van der Waals surface area contributed by atoms with E-state index < -0.39 is 9.84 Å². The number of rotatable bonds is 4. The molecule has 4 atom stereocenters. The van der Waals surface area contributed by atoms with E-state index in [2.05, 4.69) is 26.1 Å². The molecule has 150 valence electrons. The second kappa shape index (κ2) is 6.50. The zero-order chi connectivity index (χ0) is 20.2. The second-order valence-corrected chi connectivity index (χ2v) is 11.3. The maximum absolute atomic E-state index is 12.9. The van der Waals surface area contributed by atoms with E-state index in [0.29, 0.717) is 10.8 Å². The van der Waals surface area contributed by atoms with E-state index in [1.165, 1.54) is 19.1 Å². The van der Waals surface area contributed by atoms with Gasteiger partial charge in [-0.05, 0) is 60.6 Å². The van der Waals surface area contributed by atoms with Crippen molar-refractivity contribution in [2.24, 2.45) is 16.7 Å². The number of nitrogens with zero attached hydrogens (tertiary/aromatic N) is 1. The average Bonchev–Trinajstić information content (AvgIpc) is 2.93. The minimum absolute atomic E-state index is 0.0655. The lowest BCUT2D eigenvalue weighted by molar-refractivity contribution is 0.117. The van der Waals surface area contributed by atoms with Crippen molar-refractivity contribution in [2.75, 3.05) is 13.3 Å². The summed E-state index contributed by atoms with van der Waals surface area (Å²) < 4.78 is 23.2. The molecule has 1 aromatic carbocycles. The van der Waals surface area contributed by atoms with Gasteiger partial charge in [-0.1, -0.05) is 32.9 Å². The van der Waals surface area contributed by atoms with Crippen molar-refractivity contribution in [1.82, 2.24) is 10.2 Å². The van der Waals surface area contributed by atoms with E-state index in [4.69, 9.17) is 0 Å². The van der Waals surface area contributed by atoms with Crippen LogP contribution in [0.1, 0.15) is 58.6 Å². The molecule has 0 unspecified atom stereocenters. The van der Waals surface area contributed by atoms with Crippen LogP contribution in [0.25, 0.3) is 0 Å². The molecule has 0 heterocycles. The van der Waals surface area contributed by atoms with Crippen molar-refractivity contribution in [1.29, 1.82) is 0 Å². The van der Waals surface area contributed by atoms with E-state index >= 15 is 0 Å². The number of sulfone groups is 1. The van der Waals surface area contributed by atoms with E-state index in [1.54, 1.807) is 36.2 Å². The Labute approximate surface area is 163 Å². The topological polar surface area (TPSA) is 66.5 Å². The quantitative estimate of drug-likeness (QED) is 0.842. The Morgan fingerprint density at radius 1 is 1.22 bits per heavy atom. The van der Waals surface area contributed by atoms with Gasteiger partial charge in [0.1, 0.15) is 0 Å². The Bertz CT molecular complexity index is 831. The molecule has 6 heteroatoms. The summed E-state index contributed by atoms with van der Waals surface area (Å²) in [6.45, 7) is 8.96. The number of urea groups is 1. The molecule has 0 spiro atoms. The Kier molecular flexibility index (Phi) is 4.86. The number of benzene rings is 1. The van der Waals surface area contributed by atoms with Gasteiger partial charge in [-0.3, -0.25) is 0 Å². The van der Waals surface area contributed by atoms with Crippen molar-refractivity contribution in [3.63, 3.8) is 0 Å². The van der Waals surface area contributed by atoms with Gasteiger partial charge >= 0.3 is 6.03 Å². The van der Waals surface area contributed by atoms with Gasteiger partial charge < -0.3 is 10.2 Å². The fourth-order valence-corrected chi connectivity index (χ4v) is 5.70. The highest BCUT2D eigenvalue weighted by molar-refractivity contribution is 7.90. The van der Waals surface area contributed by atoms with Crippen LogP contribution in [0.3, 0.4) is 0 Å². The average molecular weight is 393 g/mol. The van der Waals surface area contributed by atoms with Gasteiger partial charge in [0, 0.05) is 19.3 Å². The number of hydrogen-bond acceptors (Lipinski definition) is 3. The highest BCUT2D eigenvalue weighted by Crippen LogP contribution is 2.65. The van der Waals surface area contributed by atoms with Crippen molar-refractivity contribution in [3.05, 3.63) is 29.8 Å². The summed E-state index contributed by atoms with van der Waals surface area (Å²) in [5, 5.41) is 3.28. The molecule has 2 bridgehead atoms. The molecule has 3 rings (SSSR count). The van der Waals surface area contributed by atoms with Gasteiger partial charge in [-0.15, -0.1) is 0 Å². The third-order valence-electron chi connectivity index (χ3n) is 7.78. The van der Waals surface area contributed by atoms with E-state index in [9.17, 15) is 13.2 Å². The Morgan fingerprint density at radius 2 is 1.81 bits per heavy atom. The largest absolute Gasteiger partial charge is 0.335 e. The minimum Gasteiger partial charge on any atom is -0.335 e. The highest BCUT2D eigenvalue weighted by Gasteiger charge is 2.61. The summed E-state index contributed by atoms with van der Waals surface area (Å²) in [7, 11) is -1.42. The molecule has 2 saturated carbocycles. The molecule has 0 radical (unpaired) electrons. The van der Waals surface area contributed by atoms with Crippen molar-refractivity contribution in [2.45, 2.75) is 63.9 Å². The van der Waals surface area contributed by atoms with Gasteiger partial charge in [0.15, 0.2) is 9.84 Å². The summed E-state index contributed by atoms with van der Waals surface area (Å²) in [4.78, 5) is 14.9. The van der Waals surface area contributed by atoms with Crippen LogP contribution >= 0.6 is 0 Å². The number of nitrogens with one attached hydrogen (secondary N) is 1. The van der Waals surface area contributed by atoms with Crippen LogP contribution in [-0.4, -0.2) is 38.7 Å². The zero-order valence-electron chi connectivity index (χ0n) is 17.2.